The lowest BCUT2D eigenvalue weighted by Crippen LogP contribution is -2.30. The van der Waals surface area contributed by atoms with Crippen LogP contribution in [-0.2, 0) is 6.42 Å². The van der Waals surface area contributed by atoms with Gasteiger partial charge in [-0.2, -0.15) is 4.37 Å². The van der Waals surface area contributed by atoms with Gasteiger partial charge in [0.2, 0.25) is 0 Å². The number of hydrogen-bond acceptors (Lipinski definition) is 4. The second-order valence-electron chi connectivity index (χ2n) is 3.93. The van der Waals surface area contributed by atoms with E-state index in [1.54, 1.807) is 11.5 Å². The summed E-state index contributed by atoms with van der Waals surface area (Å²) in [5.41, 5.74) is 0. The molecule has 0 saturated heterocycles. The van der Waals surface area contributed by atoms with E-state index in [0.29, 0.717) is 12.0 Å². The molecule has 1 aromatic heterocycles. The van der Waals surface area contributed by atoms with E-state index in [1.165, 1.54) is 0 Å². The molecule has 1 heterocycles. The Morgan fingerprint density at radius 2 is 2.07 bits per heavy atom. The van der Waals surface area contributed by atoms with Gasteiger partial charge >= 0.3 is 0 Å². The predicted octanol–water partition coefficient (Wildman–Crippen LogP) is 2.59. The fourth-order valence-corrected chi connectivity index (χ4v) is 2.34. The third-order valence-corrected chi connectivity index (χ3v) is 3.58. The smallest absolute Gasteiger partial charge is 0.142 e. The number of aryl methyl sites for hydroxylation is 1. The van der Waals surface area contributed by atoms with E-state index in [0.717, 1.165) is 30.2 Å². The Morgan fingerprint density at radius 1 is 1.33 bits per heavy atom. The standard InChI is InChI=1S/C11H21N3S/c1-5-7-10-13-11(15-14-10)8(3)9(4)12-6-2/h8-9,12H,5-7H2,1-4H3. The second kappa shape index (κ2) is 6.18. The molecule has 0 aliphatic heterocycles. The van der Waals surface area contributed by atoms with E-state index in [-0.39, 0.29) is 0 Å². The van der Waals surface area contributed by atoms with E-state index < -0.39 is 0 Å². The molecule has 0 aliphatic rings. The minimum atomic E-state index is 0.452. The van der Waals surface area contributed by atoms with Crippen LogP contribution in [0.25, 0.3) is 0 Å². The van der Waals surface area contributed by atoms with Gasteiger partial charge in [0, 0.05) is 18.4 Å². The highest BCUT2D eigenvalue weighted by Gasteiger charge is 2.17. The number of hydrogen-bond donors (Lipinski definition) is 1. The third-order valence-electron chi connectivity index (χ3n) is 2.62. The van der Waals surface area contributed by atoms with Crippen LogP contribution in [0.2, 0.25) is 0 Å². The Bertz CT molecular complexity index is 285. The highest BCUT2D eigenvalue weighted by Crippen LogP contribution is 2.21. The van der Waals surface area contributed by atoms with E-state index in [1.807, 2.05) is 0 Å². The second-order valence-corrected chi connectivity index (χ2v) is 4.72. The fraction of sp³-hybridized carbons (Fsp3) is 0.818. The molecule has 0 radical (unpaired) electrons. The molecule has 4 heteroatoms. The van der Waals surface area contributed by atoms with Crippen molar-refractivity contribution in [2.24, 2.45) is 0 Å². The van der Waals surface area contributed by atoms with Gasteiger partial charge in [-0.1, -0.05) is 20.8 Å². The molecule has 0 aliphatic carbocycles. The number of rotatable bonds is 6. The Morgan fingerprint density at radius 3 is 2.67 bits per heavy atom. The first-order chi connectivity index (χ1) is 7.19. The zero-order valence-electron chi connectivity index (χ0n) is 10.1. The molecule has 1 rings (SSSR count). The first-order valence-electron chi connectivity index (χ1n) is 5.74. The zero-order valence-corrected chi connectivity index (χ0v) is 10.9. The summed E-state index contributed by atoms with van der Waals surface area (Å²) in [5, 5.41) is 4.58. The van der Waals surface area contributed by atoms with E-state index in [4.69, 9.17) is 0 Å². The molecule has 2 atom stereocenters. The quantitative estimate of drug-likeness (QED) is 0.811. The highest BCUT2D eigenvalue weighted by molar-refractivity contribution is 7.05. The van der Waals surface area contributed by atoms with Gasteiger partial charge in [0.25, 0.3) is 0 Å². The van der Waals surface area contributed by atoms with Gasteiger partial charge in [-0.05, 0) is 31.4 Å². The van der Waals surface area contributed by atoms with Crippen molar-refractivity contribution < 1.29 is 0 Å². The molecule has 0 saturated carbocycles. The minimum Gasteiger partial charge on any atom is -0.314 e. The Balaban J connectivity index is 2.60. The summed E-state index contributed by atoms with van der Waals surface area (Å²) in [6.07, 6.45) is 2.12. The van der Waals surface area contributed by atoms with Gasteiger partial charge in [-0.25, -0.2) is 4.98 Å². The molecule has 0 amide bonds. The van der Waals surface area contributed by atoms with Crippen LogP contribution >= 0.6 is 11.5 Å². The lowest BCUT2D eigenvalue weighted by molar-refractivity contribution is 0.493. The van der Waals surface area contributed by atoms with Gasteiger partial charge in [-0.15, -0.1) is 0 Å². The number of nitrogens with one attached hydrogen (secondary N) is 1. The molecule has 0 fully saturated rings. The van der Waals surface area contributed by atoms with Crippen molar-refractivity contribution in [2.45, 2.75) is 52.5 Å². The zero-order chi connectivity index (χ0) is 11.3. The van der Waals surface area contributed by atoms with E-state index >= 15 is 0 Å². The number of nitrogens with zero attached hydrogens (tertiary/aromatic N) is 2. The van der Waals surface area contributed by atoms with Crippen LogP contribution in [0.1, 0.15) is 50.9 Å². The Labute approximate surface area is 96.5 Å². The summed E-state index contributed by atoms with van der Waals surface area (Å²) in [4.78, 5) is 4.57. The molecular formula is C11H21N3S. The average Bonchev–Trinajstić information content (AvgIpc) is 2.66. The van der Waals surface area contributed by atoms with Gasteiger partial charge in [0.15, 0.2) is 0 Å². The molecule has 15 heavy (non-hydrogen) atoms. The molecule has 3 nitrogen and oxygen atoms in total. The summed E-state index contributed by atoms with van der Waals surface area (Å²) in [7, 11) is 0. The van der Waals surface area contributed by atoms with Crippen LogP contribution in [0, 0.1) is 0 Å². The molecule has 0 bridgehead atoms. The van der Waals surface area contributed by atoms with Crippen LogP contribution in [-0.4, -0.2) is 21.9 Å². The largest absolute Gasteiger partial charge is 0.314 e. The molecule has 2 unspecified atom stereocenters. The van der Waals surface area contributed by atoms with Gasteiger partial charge in [-0.3, -0.25) is 0 Å². The highest BCUT2D eigenvalue weighted by atomic mass is 32.1. The number of likely N-dealkylation sites (N-methyl/N-ethyl adjacent to an activating group) is 1. The van der Waals surface area contributed by atoms with Crippen molar-refractivity contribution in [2.75, 3.05) is 6.54 Å². The summed E-state index contributed by atoms with van der Waals surface area (Å²) in [6.45, 7) is 9.71. The van der Waals surface area contributed by atoms with Crippen molar-refractivity contribution in [3.8, 4) is 0 Å². The summed E-state index contributed by atoms with van der Waals surface area (Å²) >= 11 is 1.55. The first-order valence-corrected chi connectivity index (χ1v) is 6.52. The SMILES string of the molecule is CCCc1nsc(C(C)C(C)NCC)n1. The van der Waals surface area contributed by atoms with Crippen molar-refractivity contribution in [3.05, 3.63) is 10.8 Å². The first kappa shape index (κ1) is 12.6. The summed E-state index contributed by atoms with van der Waals surface area (Å²) < 4.78 is 4.37. The van der Waals surface area contributed by atoms with E-state index in [9.17, 15) is 0 Å². The average molecular weight is 227 g/mol. The predicted molar refractivity (Wildman–Crippen MR) is 65.5 cm³/mol. The molecule has 0 aromatic carbocycles. The van der Waals surface area contributed by atoms with Crippen molar-refractivity contribution in [3.63, 3.8) is 0 Å². The Kier molecular flexibility index (Phi) is 5.19. The van der Waals surface area contributed by atoms with Gasteiger partial charge in [0.1, 0.15) is 10.8 Å². The molecular weight excluding hydrogens is 206 g/mol. The maximum Gasteiger partial charge on any atom is 0.142 e. The van der Waals surface area contributed by atoms with Crippen LogP contribution < -0.4 is 5.32 Å². The lowest BCUT2D eigenvalue weighted by Gasteiger charge is -2.17. The van der Waals surface area contributed by atoms with Crippen LogP contribution in [0.4, 0.5) is 0 Å². The molecule has 1 aromatic rings. The van der Waals surface area contributed by atoms with Crippen molar-refractivity contribution in [1.29, 1.82) is 0 Å². The van der Waals surface area contributed by atoms with Gasteiger partial charge < -0.3 is 5.32 Å². The van der Waals surface area contributed by atoms with Crippen LogP contribution in [0.5, 0.6) is 0 Å². The molecule has 86 valence electrons. The molecule has 1 N–H and O–H groups in total. The maximum atomic E-state index is 4.57. The van der Waals surface area contributed by atoms with Crippen LogP contribution in [0.15, 0.2) is 0 Å². The molecule has 0 spiro atoms. The number of aromatic nitrogens is 2. The maximum absolute atomic E-state index is 4.57. The van der Waals surface area contributed by atoms with Crippen LogP contribution in [0.3, 0.4) is 0 Å². The van der Waals surface area contributed by atoms with E-state index in [2.05, 4.69) is 42.4 Å². The topological polar surface area (TPSA) is 37.8 Å². The summed E-state index contributed by atoms with van der Waals surface area (Å²) in [5.74, 6) is 1.46. The summed E-state index contributed by atoms with van der Waals surface area (Å²) in [6, 6.07) is 0.470. The van der Waals surface area contributed by atoms with Gasteiger partial charge in [0.05, 0.1) is 0 Å². The lowest BCUT2D eigenvalue weighted by atomic mass is 10.1. The van der Waals surface area contributed by atoms with Crippen molar-refractivity contribution >= 4 is 11.5 Å². The monoisotopic (exact) mass is 227 g/mol. The minimum absolute atomic E-state index is 0.452. The van der Waals surface area contributed by atoms with Crippen molar-refractivity contribution in [1.82, 2.24) is 14.7 Å². The Hall–Kier alpha value is -0.480. The third kappa shape index (κ3) is 3.54. The fourth-order valence-electron chi connectivity index (χ4n) is 1.49. The normalized spacial score (nSPS) is 15.2.